The van der Waals surface area contributed by atoms with Crippen molar-refractivity contribution >= 4 is 39.2 Å². The number of thioether (sulfide) groups is 1. The molecule has 1 aromatic carbocycles. The summed E-state index contributed by atoms with van der Waals surface area (Å²) in [6.45, 7) is 1.76. The molecule has 8 heteroatoms. The summed E-state index contributed by atoms with van der Waals surface area (Å²) in [5, 5.41) is 5.36. The minimum atomic E-state index is -0.356. The summed E-state index contributed by atoms with van der Waals surface area (Å²) in [6.07, 6.45) is 5.58. The summed E-state index contributed by atoms with van der Waals surface area (Å²) in [6, 6.07) is 6.35. The molecule has 0 radical (unpaired) electrons. The summed E-state index contributed by atoms with van der Waals surface area (Å²) in [5.74, 6) is -0.229. The molecule has 152 valence electrons. The molecule has 1 aliphatic carbocycles. The molecule has 0 bridgehead atoms. The van der Waals surface area contributed by atoms with E-state index < -0.39 is 0 Å². The molecule has 1 saturated carbocycles. The van der Waals surface area contributed by atoms with Gasteiger partial charge in [-0.15, -0.1) is 11.3 Å². The van der Waals surface area contributed by atoms with Gasteiger partial charge >= 0.3 is 0 Å². The van der Waals surface area contributed by atoms with Gasteiger partial charge in [0.2, 0.25) is 5.91 Å². The van der Waals surface area contributed by atoms with Crippen LogP contribution in [-0.4, -0.2) is 27.3 Å². The van der Waals surface area contributed by atoms with Crippen molar-refractivity contribution in [3.63, 3.8) is 0 Å². The molecule has 1 aliphatic rings. The SMILES string of the molecule is Cc1cc(F)ccc1-n1c(SCC(=O)NC2CCCCC2)nc2ccsc2c1=O. The Morgan fingerprint density at radius 3 is 2.86 bits per heavy atom. The van der Waals surface area contributed by atoms with Gasteiger partial charge in [0.15, 0.2) is 5.16 Å². The monoisotopic (exact) mass is 431 g/mol. The van der Waals surface area contributed by atoms with E-state index in [1.54, 1.807) is 19.1 Å². The minimum absolute atomic E-state index is 0.0519. The van der Waals surface area contributed by atoms with Crippen LogP contribution in [0.3, 0.4) is 0 Å². The first kappa shape index (κ1) is 20.1. The van der Waals surface area contributed by atoms with Gasteiger partial charge in [-0.2, -0.15) is 0 Å². The standard InChI is InChI=1S/C21H22FN3O2S2/c1-13-11-14(22)7-8-17(13)25-20(27)19-16(9-10-28-19)24-21(25)29-12-18(26)23-15-5-3-2-4-6-15/h7-11,15H,2-6,12H2,1H3,(H,23,26). The van der Waals surface area contributed by atoms with E-state index in [-0.39, 0.29) is 29.1 Å². The molecular weight excluding hydrogens is 409 g/mol. The fraction of sp³-hybridized carbons (Fsp3) is 0.381. The summed E-state index contributed by atoms with van der Waals surface area (Å²) < 4.78 is 15.6. The third kappa shape index (κ3) is 4.38. The van der Waals surface area contributed by atoms with E-state index in [0.717, 1.165) is 25.7 Å². The van der Waals surface area contributed by atoms with Crippen LogP contribution in [0.5, 0.6) is 0 Å². The highest BCUT2D eigenvalue weighted by atomic mass is 32.2. The van der Waals surface area contributed by atoms with E-state index in [1.807, 2.05) is 5.38 Å². The van der Waals surface area contributed by atoms with Gasteiger partial charge in [-0.25, -0.2) is 9.37 Å². The maximum absolute atomic E-state index is 13.6. The summed E-state index contributed by atoms with van der Waals surface area (Å²) in [5.41, 5.74) is 1.63. The number of carbonyl (C=O) groups is 1. The lowest BCUT2D eigenvalue weighted by Gasteiger charge is -2.22. The van der Waals surface area contributed by atoms with Crippen LogP contribution in [0.2, 0.25) is 0 Å². The lowest BCUT2D eigenvalue weighted by molar-refractivity contribution is -0.119. The molecule has 0 spiro atoms. The highest BCUT2D eigenvalue weighted by Gasteiger charge is 2.19. The van der Waals surface area contributed by atoms with Gasteiger partial charge in [0.25, 0.3) is 5.56 Å². The summed E-state index contributed by atoms with van der Waals surface area (Å²) in [7, 11) is 0. The normalized spacial score (nSPS) is 15.0. The first-order valence-electron chi connectivity index (χ1n) is 9.72. The smallest absolute Gasteiger partial charge is 0.276 e. The topological polar surface area (TPSA) is 64.0 Å². The average molecular weight is 432 g/mol. The molecular formula is C21H22FN3O2S2. The molecule has 1 fully saturated rings. The first-order valence-corrected chi connectivity index (χ1v) is 11.6. The van der Waals surface area contributed by atoms with Gasteiger partial charge in [-0.3, -0.25) is 14.2 Å². The lowest BCUT2D eigenvalue weighted by atomic mass is 9.95. The molecule has 29 heavy (non-hydrogen) atoms. The van der Waals surface area contributed by atoms with E-state index in [0.29, 0.717) is 26.6 Å². The number of benzene rings is 1. The number of hydrogen-bond acceptors (Lipinski definition) is 5. The molecule has 1 N–H and O–H groups in total. The number of carbonyl (C=O) groups excluding carboxylic acids is 1. The Morgan fingerprint density at radius 1 is 1.31 bits per heavy atom. The number of nitrogens with zero attached hydrogens (tertiary/aromatic N) is 2. The van der Waals surface area contributed by atoms with Crippen molar-refractivity contribution in [1.82, 2.24) is 14.9 Å². The van der Waals surface area contributed by atoms with E-state index >= 15 is 0 Å². The Labute approximate surface area is 176 Å². The number of aryl methyl sites for hydroxylation is 1. The summed E-state index contributed by atoms with van der Waals surface area (Å²) in [4.78, 5) is 30.2. The van der Waals surface area contributed by atoms with Gasteiger partial charge in [-0.1, -0.05) is 31.0 Å². The highest BCUT2D eigenvalue weighted by Crippen LogP contribution is 2.25. The zero-order chi connectivity index (χ0) is 20.4. The zero-order valence-electron chi connectivity index (χ0n) is 16.1. The van der Waals surface area contributed by atoms with Crippen molar-refractivity contribution < 1.29 is 9.18 Å². The van der Waals surface area contributed by atoms with Crippen LogP contribution in [0.1, 0.15) is 37.7 Å². The number of fused-ring (bicyclic) bond motifs is 1. The first-order chi connectivity index (χ1) is 14.0. The Hall–Kier alpha value is -2.19. The Kier molecular flexibility index (Phi) is 6.01. The van der Waals surface area contributed by atoms with E-state index in [1.165, 1.54) is 46.2 Å². The molecule has 0 unspecified atom stereocenters. The lowest BCUT2D eigenvalue weighted by Crippen LogP contribution is -2.37. The second-order valence-corrected chi connectivity index (χ2v) is 9.15. The maximum Gasteiger partial charge on any atom is 0.276 e. The molecule has 5 nitrogen and oxygen atoms in total. The Balaban J connectivity index is 1.64. The molecule has 2 heterocycles. The van der Waals surface area contributed by atoms with Gasteiger partial charge in [0, 0.05) is 6.04 Å². The molecule has 0 saturated heterocycles. The number of rotatable bonds is 5. The third-order valence-corrected chi connectivity index (χ3v) is 6.98. The number of halogens is 1. The molecule has 4 rings (SSSR count). The van der Waals surface area contributed by atoms with Crippen molar-refractivity contribution in [2.45, 2.75) is 50.2 Å². The van der Waals surface area contributed by atoms with Crippen molar-refractivity contribution in [3.8, 4) is 5.69 Å². The number of thiophene rings is 1. The predicted molar refractivity (Wildman–Crippen MR) is 116 cm³/mol. The van der Waals surface area contributed by atoms with Gasteiger partial charge in [0.05, 0.1) is 17.0 Å². The fourth-order valence-corrected chi connectivity index (χ4v) is 5.29. The Bertz CT molecular complexity index is 1100. The average Bonchev–Trinajstić information content (AvgIpc) is 3.17. The van der Waals surface area contributed by atoms with Crippen LogP contribution in [-0.2, 0) is 4.79 Å². The molecule has 0 aliphatic heterocycles. The number of amides is 1. The number of nitrogens with one attached hydrogen (secondary N) is 1. The van der Waals surface area contributed by atoms with Crippen molar-refractivity contribution in [1.29, 1.82) is 0 Å². The Morgan fingerprint density at radius 2 is 2.10 bits per heavy atom. The number of aromatic nitrogens is 2. The molecule has 1 amide bonds. The fourth-order valence-electron chi connectivity index (χ4n) is 3.72. The molecule has 0 atom stereocenters. The van der Waals surface area contributed by atoms with E-state index in [2.05, 4.69) is 10.3 Å². The second kappa shape index (κ2) is 8.67. The van der Waals surface area contributed by atoms with Crippen LogP contribution in [0.25, 0.3) is 15.9 Å². The van der Waals surface area contributed by atoms with Crippen LogP contribution >= 0.6 is 23.1 Å². The molecule has 2 aromatic heterocycles. The molecule has 3 aromatic rings. The van der Waals surface area contributed by atoms with Gasteiger partial charge in [0.1, 0.15) is 10.5 Å². The minimum Gasteiger partial charge on any atom is -0.353 e. The third-order valence-electron chi connectivity index (χ3n) is 5.15. The predicted octanol–water partition coefficient (Wildman–Crippen LogP) is 4.44. The van der Waals surface area contributed by atoms with E-state index in [9.17, 15) is 14.0 Å². The zero-order valence-corrected chi connectivity index (χ0v) is 17.7. The quantitative estimate of drug-likeness (QED) is 0.479. The second-order valence-electron chi connectivity index (χ2n) is 7.29. The van der Waals surface area contributed by atoms with Gasteiger partial charge in [-0.05, 0) is 55.0 Å². The van der Waals surface area contributed by atoms with Gasteiger partial charge < -0.3 is 5.32 Å². The van der Waals surface area contributed by atoms with Crippen LogP contribution in [0.4, 0.5) is 4.39 Å². The van der Waals surface area contributed by atoms with Crippen LogP contribution in [0.15, 0.2) is 39.6 Å². The van der Waals surface area contributed by atoms with Crippen LogP contribution in [0, 0.1) is 12.7 Å². The van der Waals surface area contributed by atoms with Crippen molar-refractivity contribution in [2.24, 2.45) is 0 Å². The van der Waals surface area contributed by atoms with Crippen LogP contribution < -0.4 is 10.9 Å². The number of hydrogen-bond donors (Lipinski definition) is 1. The van der Waals surface area contributed by atoms with Crippen molar-refractivity contribution in [3.05, 3.63) is 51.4 Å². The maximum atomic E-state index is 13.6. The van der Waals surface area contributed by atoms with Crippen molar-refractivity contribution in [2.75, 3.05) is 5.75 Å². The largest absolute Gasteiger partial charge is 0.353 e. The van der Waals surface area contributed by atoms with E-state index in [4.69, 9.17) is 0 Å². The summed E-state index contributed by atoms with van der Waals surface area (Å²) >= 11 is 2.56. The highest BCUT2D eigenvalue weighted by molar-refractivity contribution is 7.99.